The Morgan fingerprint density at radius 3 is 2.68 bits per heavy atom. The van der Waals surface area contributed by atoms with Gasteiger partial charge < -0.3 is 9.73 Å². The molecule has 0 spiro atoms. The van der Waals surface area contributed by atoms with Gasteiger partial charge in [-0.2, -0.15) is 9.50 Å². The predicted molar refractivity (Wildman–Crippen MR) is 102 cm³/mol. The van der Waals surface area contributed by atoms with E-state index in [2.05, 4.69) is 35.6 Å². The molecule has 4 aromatic heterocycles. The largest absolute Gasteiger partial charge is 0.461 e. The van der Waals surface area contributed by atoms with Gasteiger partial charge in [0.15, 0.2) is 5.76 Å². The Labute approximate surface area is 159 Å². The van der Waals surface area contributed by atoms with E-state index in [1.807, 2.05) is 37.3 Å². The molecule has 0 atom stereocenters. The van der Waals surface area contributed by atoms with Crippen molar-refractivity contribution in [2.24, 2.45) is 0 Å². The first-order valence-electron chi connectivity index (χ1n) is 8.57. The molecule has 5 rings (SSSR count). The lowest BCUT2D eigenvalue weighted by molar-refractivity contribution is 0.577. The van der Waals surface area contributed by atoms with Crippen molar-refractivity contribution < 1.29 is 4.42 Å². The molecular weight excluding hydrogens is 356 g/mol. The summed E-state index contributed by atoms with van der Waals surface area (Å²) in [7, 11) is 0. The van der Waals surface area contributed by atoms with E-state index in [1.165, 1.54) is 0 Å². The average molecular weight is 370 g/mol. The maximum atomic E-state index is 5.36. The van der Waals surface area contributed by atoms with Crippen LogP contribution in [0.3, 0.4) is 0 Å². The topological polar surface area (TPSA) is 107 Å². The number of benzene rings is 1. The van der Waals surface area contributed by atoms with Crippen LogP contribution in [0.15, 0.2) is 65.4 Å². The van der Waals surface area contributed by atoms with Gasteiger partial charge in [0.25, 0.3) is 5.78 Å². The van der Waals surface area contributed by atoms with Gasteiger partial charge >= 0.3 is 0 Å². The third-order valence-corrected chi connectivity index (χ3v) is 4.16. The van der Waals surface area contributed by atoms with Crippen molar-refractivity contribution in [1.82, 2.24) is 34.8 Å². The van der Waals surface area contributed by atoms with Gasteiger partial charge in [-0.3, -0.25) is 0 Å². The second-order valence-corrected chi connectivity index (χ2v) is 6.02. The highest BCUT2D eigenvalue weighted by molar-refractivity contribution is 5.61. The van der Waals surface area contributed by atoms with Crippen molar-refractivity contribution in [2.45, 2.75) is 6.92 Å². The van der Waals surface area contributed by atoms with E-state index >= 15 is 0 Å². The van der Waals surface area contributed by atoms with E-state index in [1.54, 1.807) is 35.2 Å². The molecule has 1 aromatic carbocycles. The number of nitrogens with one attached hydrogen (secondary N) is 1. The summed E-state index contributed by atoms with van der Waals surface area (Å²) >= 11 is 0. The Balaban J connectivity index is 1.54. The monoisotopic (exact) mass is 370 g/mol. The lowest BCUT2D eigenvalue weighted by atomic mass is 10.2. The first-order chi connectivity index (χ1) is 13.8. The molecule has 0 amide bonds. The summed E-state index contributed by atoms with van der Waals surface area (Å²) in [6.07, 6.45) is 3.25. The van der Waals surface area contributed by atoms with Gasteiger partial charge in [0.05, 0.1) is 17.7 Å². The number of anilines is 2. The Morgan fingerprint density at radius 2 is 1.86 bits per heavy atom. The van der Waals surface area contributed by atoms with Crippen LogP contribution < -0.4 is 5.32 Å². The minimum Gasteiger partial charge on any atom is -0.461 e. The second kappa shape index (κ2) is 6.54. The van der Waals surface area contributed by atoms with Crippen LogP contribution in [0.4, 0.5) is 11.6 Å². The van der Waals surface area contributed by atoms with Crippen LogP contribution in [0.5, 0.6) is 0 Å². The number of nitrogens with zero attached hydrogens (tertiary/aromatic N) is 7. The standard InChI is InChI=1S/C19H14N8O/c1-12-16(14-9-10-20-18(22-14)21-13-6-3-2-4-7-13)24-25-19-23-17(26-27(12)19)15-8-5-11-28-15/h2-11H,1H3,(H,20,21,22). The molecule has 9 nitrogen and oxygen atoms in total. The van der Waals surface area contributed by atoms with Gasteiger partial charge in [0, 0.05) is 11.9 Å². The Hall–Kier alpha value is -4.14. The molecule has 4 heterocycles. The van der Waals surface area contributed by atoms with Crippen molar-refractivity contribution in [3.63, 3.8) is 0 Å². The van der Waals surface area contributed by atoms with Gasteiger partial charge in [0.1, 0.15) is 5.69 Å². The maximum Gasteiger partial charge on any atom is 0.272 e. The van der Waals surface area contributed by atoms with Crippen molar-refractivity contribution >= 4 is 17.4 Å². The van der Waals surface area contributed by atoms with E-state index in [0.717, 1.165) is 11.4 Å². The summed E-state index contributed by atoms with van der Waals surface area (Å²) in [5, 5.41) is 16.1. The summed E-state index contributed by atoms with van der Waals surface area (Å²) < 4.78 is 6.99. The molecule has 0 aliphatic carbocycles. The van der Waals surface area contributed by atoms with Crippen LogP contribution in [0.25, 0.3) is 28.8 Å². The fraction of sp³-hybridized carbons (Fsp3) is 0.0526. The average Bonchev–Trinajstić information content (AvgIpc) is 3.39. The molecule has 0 aliphatic heterocycles. The normalized spacial score (nSPS) is 11.0. The van der Waals surface area contributed by atoms with E-state index < -0.39 is 0 Å². The predicted octanol–water partition coefficient (Wildman–Crippen LogP) is 3.29. The first kappa shape index (κ1) is 16.1. The number of furan rings is 1. The van der Waals surface area contributed by atoms with Crippen molar-refractivity contribution in [1.29, 1.82) is 0 Å². The number of para-hydroxylation sites is 1. The van der Waals surface area contributed by atoms with Gasteiger partial charge in [-0.05, 0) is 37.3 Å². The summed E-state index contributed by atoms with van der Waals surface area (Å²) in [6.45, 7) is 1.89. The number of hydrogen-bond acceptors (Lipinski definition) is 8. The maximum absolute atomic E-state index is 5.36. The third kappa shape index (κ3) is 2.84. The van der Waals surface area contributed by atoms with Crippen molar-refractivity contribution in [2.75, 3.05) is 5.32 Å². The molecule has 0 saturated carbocycles. The Bertz CT molecular complexity index is 1250. The highest BCUT2D eigenvalue weighted by Gasteiger charge is 2.16. The quantitative estimate of drug-likeness (QED) is 0.513. The van der Waals surface area contributed by atoms with Crippen LogP contribution in [0.1, 0.15) is 5.69 Å². The fourth-order valence-corrected chi connectivity index (χ4v) is 2.81. The van der Waals surface area contributed by atoms with Crippen LogP contribution in [0.2, 0.25) is 0 Å². The molecule has 0 aliphatic rings. The van der Waals surface area contributed by atoms with Crippen LogP contribution in [-0.4, -0.2) is 34.8 Å². The van der Waals surface area contributed by atoms with Crippen molar-refractivity contribution in [3.8, 4) is 23.0 Å². The third-order valence-electron chi connectivity index (χ3n) is 4.16. The van der Waals surface area contributed by atoms with Crippen LogP contribution >= 0.6 is 0 Å². The van der Waals surface area contributed by atoms with Gasteiger partial charge in [-0.1, -0.05) is 18.2 Å². The summed E-state index contributed by atoms with van der Waals surface area (Å²) in [6, 6.07) is 15.1. The van der Waals surface area contributed by atoms with Crippen LogP contribution in [-0.2, 0) is 0 Å². The van der Waals surface area contributed by atoms with E-state index in [9.17, 15) is 0 Å². The molecule has 0 radical (unpaired) electrons. The first-order valence-corrected chi connectivity index (χ1v) is 8.57. The molecule has 0 saturated heterocycles. The second-order valence-electron chi connectivity index (χ2n) is 6.02. The lowest BCUT2D eigenvalue weighted by Gasteiger charge is -2.07. The number of fused-ring (bicyclic) bond motifs is 1. The number of hydrogen-bond donors (Lipinski definition) is 1. The Kier molecular flexibility index (Phi) is 3.75. The Morgan fingerprint density at radius 1 is 0.964 bits per heavy atom. The fourth-order valence-electron chi connectivity index (χ4n) is 2.81. The van der Waals surface area contributed by atoms with Crippen molar-refractivity contribution in [3.05, 3.63) is 66.7 Å². The summed E-state index contributed by atoms with van der Waals surface area (Å²) in [5.74, 6) is 1.89. The molecule has 0 fully saturated rings. The zero-order valence-corrected chi connectivity index (χ0v) is 14.8. The number of aryl methyl sites for hydroxylation is 1. The van der Waals surface area contributed by atoms with Gasteiger partial charge in [0.2, 0.25) is 11.8 Å². The minimum absolute atomic E-state index is 0.393. The van der Waals surface area contributed by atoms with Crippen LogP contribution in [0, 0.1) is 6.92 Å². The highest BCUT2D eigenvalue weighted by atomic mass is 16.3. The lowest BCUT2D eigenvalue weighted by Crippen LogP contribution is -2.05. The zero-order chi connectivity index (χ0) is 18.9. The summed E-state index contributed by atoms with van der Waals surface area (Å²) in [5.41, 5.74) is 2.90. The highest BCUT2D eigenvalue weighted by Crippen LogP contribution is 2.22. The molecule has 136 valence electrons. The minimum atomic E-state index is 0.393. The van der Waals surface area contributed by atoms with Gasteiger partial charge in [-0.15, -0.1) is 15.3 Å². The molecule has 5 aromatic rings. The zero-order valence-electron chi connectivity index (χ0n) is 14.8. The molecule has 1 N–H and O–H groups in total. The van der Waals surface area contributed by atoms with Gasteiger partial charge in [-0.25, -0.2) is 9.97 Å². The number of aromatic nitrogens is 7. The molecule has 0 unspecified atom stereocenters. The molecule has 0 bridgehead atoms. The molecule has 9 heteroatoms. The SMILES string of the molecule is Cc1c(-c2ccnc(Nc3ccccc3)n2)nnc2nc(-c3ccco3)nn12. The summed E-state index contributed by atoms with van der Waals surface area (Å²) in [4.78, 5) is 13.2. The van der Waals surface area contributed by atoms with E-state index in [4.69, 9.17) is 4.42 Å². The molecule has 28 heavy (non-hydrogen) atoms. The molecular formula is C19H14N8O. The van der Waals surface area contributed by atoms with E-state index in [-0.39, 0.29) is 0 Å². The number of rotatable bonds is 4. The smallest absolute Gasteiger partial charge is 0.272 e. The van der Waals surface area contributed by atoms with E-state index in [0.29, 0.717) is 34.7 Å².